The normalized spacial score (nSPS) is 14.8. The van der Waals surface area contributed by atoms with Crippen LogP contribution in [0.3, 0.4) is 0 Å². The molecule has 3 nitrogen and oxygen atoms in total. The Morgan fingerprint density at radius 3 is 2.50 bits per heavy atom. The Bertz CT molecular complexity index is 345. The molecular formula is C11H16N2O. The summed E-state index contributed by atoms with van der Waals surface area (Å²) in [5.41, 5.74) is 12.2. The Labute approximate surface area is 84.1 Å². The van der Waals surface area contributed by atoms with Crippen LogP contribution in [0, 0.1) is 0 Å². The van der Waals surface area contributed by atoms with Crippen molar-refractivity contribution in [1.29, 1.82) is 0 Å². The second kappa shape index (κ2) is 3.80. The van der Waals surface area contributed by atoms with E-state index >= 15 is 0 Å². The van der Waals surface area contributed by atoms with Gasteiger partial charge in [0.1, 0.15) is 0 Å². The minimum atomic E-state index is -0.494. The molecule has 76 valence electrons. The summed E-state index contributed by atoms with van der Waals surface area (Å²) in [4.78, 5) is 11.2. The van der Waals surface area contributed by atoms with Crippen molar-refractivity contribution in [3.8, 4) is 0 Å². The lowest BCUT2D eigenvalue weighted by molar-refractivity contribution is 0.0998. The molecule has 1 atom stereocenters. The fourth-order valence-corrected chi connectivity index (χ4v) is 1.39. The highest BCUT2D eigenvalue weighted by Crippen LogP contribution is 2.24. The molecule has 1 rings (SSSR count). The van der Waals surface area contributed by atoms with Crippen LogP contribution in [0.4, 0.5) is 0 Å². The molecule has 3 heteroatoms. The zero-order valence-electron chi connectivity index (χ0n) is 8.58. The fraction of sp³-hybridized carbons (Fsp3) is 0.364. The van der Waals surface area contributed by atoms with Crippen LogP contribution >= 0.6 is 0 Å². The van der Waals surface area contributed by atoms with Gasteiger partial charge in [0.25, 0.3) is 0 Å². The number of benzene rings is 1. The third kappa shape index (κ3) is 1.93. The molecule has 0 radical (unpaired) electrons. The van der Waals surface area contributed by atoms with Crippen molar-refractivity contribution in [3.05, 3.63) is 35.4 Å². The van der Waals surface area contributed by atoms with E-state index in [4.69, 9.17) is 11.5 Å². The predicted molar refractivity (Wildman–Crippen MR) is 56.8 cm³/mol. The molecule has 14 heavy (non-hydrogen) atoms. The lowest BCUT2D eigenvalue weighted by atomic mass is 9.87. The zero-order chi connectivity index (χ0) is 10.8. The maximum atomic E-state index is 11.2. The molecule has 0 aliphatic carbocycles. The molecule has 0 saturated heterocycles. The third-order valence-corrected chi connectivity index (χ3v) is 2.54. The van der Waals surface area contributed by atoms with E-state index in [-0.39, 0.29) is 0 Å². The van der Waals surface area contributed by atoms with Gasteiger partial charge in [-0.2, -0.15) is 0 Å². The van der Waals surface area contributed by atoms with E-state index in [9.17, 15) is 4.79 Å². The summed E-state index contributed by atoms with van der Waals surface area (Å²) < 4.78 is 0. The lowest BCUT2D eigenvalue weighted by Crippen LogP contribution is -2.34. The minimum Gasteiger partial charge on any atom is -0.366 e. The number of carbonyl (C=O) groups is 1. The average molecular weight is 192 g/mol. The van der Waals surface area contributed by atoms with Crippen LogP contribution < -0.4 is 11.5 Å². The number of carbonyl (C=O) groups excluding carboxylic acids is 1. The summed E-state index contributed by atoms with van der Waals surface area (Å²) in [7, 11) is 0. The Kier molecular flexibility index (Phi) is 2.91. The molecule has 0 fully saturated rings. The van der Waals surface area contributed by atoms with Crippen molar-refractivity contribution in [2.75, 3.05) is 0 Å². The Morgan fingerprint density at radius 2 is 2.00 bits per heavy atom. The number of hydrogen-bond donors (Lipinski definition) is 2. The van der Waals surface area contributed by atoms with Gasteiger partial charge in [0.2, 0.25) is 5.91 Å². The summed E-state index contributed by atoms with van der Waals surface area (Å²) in [6.07, 6.45) is 0.761. The van der Waals surface area contributed by atoms with Gasteiger partial charge in [-0.1, -0.05) is 25.1 Å². The number of primary amides is 1. The molecule has 0 spiro atoms. The maximum absolute atomic E-state index is 11.2. The van der Waals surface area contributed by atoms with Gasteiger partial charge in [-0.05, 0) is 25.0 Å². The fourth-order valence-electron chi connectivity index (χ4n) is 1.39. The van der Waals surface area contributed by atoms with E-state index in [1.165, 1.54) is 0 Å². The van der Waals surface area contributed by atoms with Crippen molar-refractivity contribution in [3.63, 3.8) is 0 Å². The Hall–Kier alpha value is -1.35. The monoisotopic (exact) mass is 192 g/mol. The van der Waals surface area contributed by atoms with Gasteiger partial charge < -0.3 is 11.5 Å². The molecule has 0 heterocycles. The van der Waals surface area contributed by atoms with Crippen LogP contribution in [0.25, 0.3) is 0 Å². The second-order valence-corrected chi connectivity index (χ2v) is 3.68. The Balaban J connectivity index is 3.27. The van der Waals surface area contributed by atoms with Gasteiger partial charge in [-0.25, -0.2) is 0 Å². The Morgan fingerprint density at radius 1 is 1.43 bits per heavy atom. The summed E-state index contributed by atoms with van der Waals surface area (Å²) in [5, 5.41) is 0. The van der Waals surface area contributed by atoms with E-state index in [2.05, 4.69) is 0 Å². The molecule has 4 N–H and O–H groups in total. The first-order chi connectivity index (χ1) is 6.49. The first-order valence-corrected chi connectivity index (χ1v) is 4.67. The number of amides is 1. The van der Waals surface area contributed by atoms with Gasteiger partial charge in [0.05, 0.1) is 0 Å². The van der Waals surface area contributed by atoms with Crippen LogP contribution in [0.2, 0.25) is 0 Å². The molecule has 1 aromatic carbocycles. The maximum Gasteiger partial charge on any atom is 0.249 e. The van der Waals surface area contributed by atoms with E-state index in [1.807, 2.05) is 26.0 Å². The summed E-state index contributed by atoms with van der Waals surface area (Å²) in [6, 6.07) is 7.21. The topological polar surface area (TPSA) is 69.1 Å². The van der Waals surface area contributed by atoms with Gasteiger partial charge in [0.15, 0.2) is 0 Å². The van der Waals surface area contributed by atoms with Gasteiger partial charge >= 0.3 is 0 Å². The number of nitrogens with two attached hydrogens (primary N) is 2. The molecule has 0 aromatic heterocycles. The molecule has 0 aliphatic rings. The average Bonchev–Trinajstić information content (AvgIpc) is 2.18. The van der Waals surface area contributed by atoms with Gasteiger partial charge in [-0.3, -0.25) is 4.79 Å². The SMILES string of the molecule is CCC(C)(N)c1ccccc1C(N)=O. The van der Waals surface area contributed by atoms with E-state index in [0.29, 0.717) is 5.56 Å². The highest BCUT2D eigenvalue weighted by molar-refractivity contribution is 5.94. The van der Waals surface area contributed by atoms with Gasteiger partial charge in [-0.15, -0.1) is 0 Å². The summed E-state index contributed by atoms with van der Waals surface area (Å²) >= 11 is 0. The first-order valence-electron chi connectivity index (χ1n) is 4.67. The van der Waals surface area contributed by atoms with Crippen LogP contribution in [-0.4, -0.2) is 5.91 Å². The van der Waals surface area contributed by atoms with Gasteiger partial charge in [0, 0.05) is 11.1 Å². The largest absolute Gasteiger partial charge is 0.366 e. The molecular weight excluding hydrogens is 176 g/mol. The van der Waals surface area contributed by atoms with Crippen LogP contribution in [0.15, 0.2) is 24.3 Å². The van der Waals surface area contributed by atoms with Crippen molar-refractivity contribution >= 4 is 5.91 Å². The predicted octanol–water partition coefficient (Wildman–Crippen LogP) is 1.37. The quantitative estimate of drug-likeness (QED) is 0.759. The van der Waals surface area contributed by atoms with Crippen molar-refractivity contribution in [1.82, 2.24) is 0 Å². The van der Waals surface area contributed by atoms with E-state index < -0.39 is 11.4 Å². The zero-order valence-corrected chi connectivity index (χ0v) is 8.58. The smallest absolute Gasteiger partial charge is 0.249 e. The summed E-state index contributed by atoms with van der Waals surface area (Å²) in [5.74, 6) is -0.425. The lowest BCUT2D eigenvalue weighted by Gasteiger charge is -2.25. The molecule has 0 saturated carbocycles. The molecule has 0 aliphatic heterocycles. The first kappa shape index (κ1) is 10.7. The van der Waals surface area contributed by atoms with E-state index in [0.717, 1.165) is 12.0 Å². The highest BCUT2D eigenvalue weighted by Gasteiger charge is 2.23. The van der Waals surface area contributed by atoms with Crippen molar-refractivity contribution < 1.29 is 4.79 Å². The van der Waals surface area contributed by atoms with E-state index in [1.54, 1.807) is 12.1 Å². The van der Waals surface area contributed by atoms with Crippen molar-refractivity contribution in [2.45, 2.75) is 25.8 Å². The molecule has 1 amide bonds. The third-order valence-electron chi connectivity index (χ3n) is 2.54. The highest BCUT2D eigenvalue weighted by atomic mass is 16.1. The van der Waals surface area contributed by atoms with Crippen LogP contribution in [0.1, 0.15) is 36.2 Å². The van der Waals surface area contributed by atoms with Crippen molar-refractivity contribution in [2.24, 2.45) is 11.5 Å². The number of hydrogen-bond acceptors (Lipinski definition) is 2. The summed E-state index contributed by atoms with van der Waals surface area (Å²) in [6.45, 7) is 3.88. The number of rotatable bonds is 3. The molecule has 1 unspecified atom stereocenters. The molecule has 0 bridgehead atoms. The standard InChI is InChI=1S/C11H16N2O/c1-3-11(2,13)9-7-5-4-6-8(9)10(12)14/h4-7H,3,13H2,1-2H3,(H2,12,14). The molecule has 1 aromatic rings. The second-order valence-electron chi connectivity index (χ2n) is 3.68. The van der Waals surface area contributed by atoms with Crippen LogP contribution in [0.5, 0.6) is 0 Å². The minimum absolute atomic E-state index is 0.425. The van der Waals surface area contributed by atoms with Crippen LogP contribution in [-0.2, 0) is 5.54 Å².